The fourth-order valence-corrected chi connectivity index (χ4v) is 3.78. The van der Waals surface area contributed by atoms with Gasteiger partial charge in [0.15, 0.2) is 0 Å². The number of rotatable bonds is 3. The lowest BCUT2D eigenvalue weighted by molar-refractivity contribution is -0.137. The van der Waals surface area contributed by atoms with Crippen molar-refractivity contribution in [3.63, 3.8) is 0 Å². The van der Waals surface area contributed by atoms with Gasteiger partial charge in [-0.15, -0.1) is 0 Å². The van der Waals surface area contributed by atoms with E-state index in [4.69, 9.17) is 4.74 Å². The number of aromatic nitrogens is 4. The largest absolute Gasteiger partial charge is 0.460 e. The number of imidazole rings is 1. The van der Waals surface area contributed by atoms with Crippen LogP contribution in [0.1, 0.15) is 36.5 Å². The van der Waals surface area contributed by atoms with Gasteiger partial charge in [-0.25, -0.2) is 15.0 Å². The van der Waals surface area contributed by atoms with E-state index in [9.17, 15) is 4.79 Å². The van der Waals surface area contributed by atoms with Crippen molar-refractivity contribution in [1.29, 1.82) is 0 Å². The average molecular weight is 341 g/mol. The highest BCUT2D eigenvalue weighted by Gasteiger charge is 2.32. The van der Waals surface area contributed by atoms with Gasteiger partial charge in [-0.2, -0.15) is 0 Å². The molecule has 0 radical (unpaired) electrons. The molecule has 1 N–H and O–H groups in total. The van der Waals surface area contributed by atoms with Crippen molar-refractivity contribution in [2.24, 2.45) is 5.92 Å². The molecule has 7 nitrogen and oxygen atoms in total. The number of likely N-dealkylation sites (tertiary alicyclic amines) is 1. The maximum Gasteiger partial charge on any atom is 0.316 e. The van der Waals surface area contributed by atoms with Crippen molar-refractivity contribution in [3.8, 4) is 6.01 Å². The van der Waals surface area contributed by atoms with E-state index in [1.165, 1.54) is 0 Å². The Kier molecular flexibility index (Phi) is 4.38. The quantitative estimate of drug-likeness (QED) is 0.918. The molecule has 2 aliphatic rings. The summed E-state index contributed by atoms with van der Waals surface area (Å²) in [5, 5.41) is 0. The Morgan fingerprint density at radius 2 is 2.00 bits per heavy atom. The third-order valence-corrected chi connectivity index (χ3v) is 5.08. The van der Waals surface area contributed by atoms with Crippen LogP contribution in [0.5, 0.6) is 6.01 Å². The summed E-state index contributed by atoms with van der Waals surface area (Å²) in [5.41, 5.74) is 2.28. The molecule has 4 rings (SSSR count). The van der Waals surface area contributed by atoms with Gasteiger partial charge in [0.25, 0.3) is 0 Å². The van der Waals surface area contributed by atoms with E-state index >= 15 is 0 Å². The highest BCUT2D eigenvalue weighted by Crippen LogP contribution is 2.27. The van der Waals surface area contributed by atoms with Crippen LogP contribution in [-0.2, 0) is 17.6 Å². The van der Waals surface area contributed by atoms with Crippen molar-refractivity contribution in [3.05, 3.63) is 35.7 Å². The fourth-order valence-electron chi connectivity index (χ4n) is 3.78. The summed E-state index contributed by atoms with van der Waals surface area (Å²) < 4.78 is 5.80. The van der Waals surface area contributed by atoms with Crippen molar-refractivity contribution in [1.82, 2.24) is 24.8 Å². The summed E-state index contributed by atoms with van der Waals surface area (Å²) in [4.78, 5) is 30.9. The van der Waals surface area contributed by atoms with Crippen molar-refractivity contribution in [2.75, 3.05) is 13.1 Å². The second-order valence-corrected chi connectivity index (χ2v) is 6.86. The number of nitrogens with one attached hydrogen (secondary N) is 1. The molecule has 0 saturated carbocycles. The van der Waals surface area contributed by atoms with Gasteiger partial charge >= 0.3 is 6.01 Å². The lowest BCUT2D eigenvalue weighted by Gasteiger charge is -2.34. The topological polar surface area (TPSA) is 84.0 Å². The van der Waals surface area contributed by atoms with E-state index < -0.39 is 0 Å². The minimum atomic E-state index is 0.0716. The second kappa shape index (κ2) is 6.82. The number of H-pyrrole nitrogens is 1. The van der Waals surface area contributed by atoms with E-state index in [2.05, 4.69) is 19.9 Å². The molecule has 1 aliphatic heterocycles. The van der Waals surface area contributed by atoms with E-state index in [1.54, 1.807) is 18.5 Å². The first-order valence-electron chi connectivity index (χ1n) is 8.96. The Labute approximate surface area is 146 Å². The first kappa shape index (κ1) is 16.1. The molecule has 2 aromatic heterocycles. The minimum Gasteiger partial charge on any atom is -0.460 e. The molecule has 1 fully saturated rings. The molecule has 1 aliphatic carbocycles. The maximum absolute atomic E-state index is 12.9. The monoisotopic (exact) mass is 341 g/mol. The predicted octanol–water partition coefficient (Wildman–Crippen LogP) is 1.68. The molecular formula is C18H23N5O2. The number of hydrogen-bond acceptors (Lipinski definition) is 5. The molecule has 0 aromatic carbocycles. The van der Waals surface area contributed by atoms with Crippen LogP contribution in [0.3, 0.4) is 0 Å². The van der Waals surface area contributed by atoms with Crippen molar-refractivity contribution in [2.45, 2.75) is 45.1 Å². The van der Waals surface area contributed by atoms with E-state index in [0.29, 0.717) is 6.01 Å². The van der Waals surface area contributed by atoms with Crippen LogP contribution >= 0.6 is 0 Å². The number of aryl methyl sites for hydroxylation is 2. The van der Waals surface area contributed by atoms with Gasteiger partial charge in [0.2, 0.25) is 5.91 Å². The molecule has 1 saturated heterocycles. The summed E-state index contributed by atoms with van der Waals surface area (Å²) in [6, 6.07) is 2.19. The molecule has 132 valence electrons. The van der Waals surface area contributed by atoms with Gasteiger partial charge in [0.1, 0.15) is 11.9 Å². The molecule has 1 amide bonds. The third-order valence-electron chi connectivity index (χ3n) is 5.08. The number of carbonyl (C=O) groups excluding carboxylic acids is 1. The van der Waals surface area contributed by atoms with Crippen LogP contribution in [-0.4, -0.2) is 49.9 Å². The Morgan fingerprint density at radius 3 is 2.76 bits per heavy atom. The number of nitrogens with zero attached hydrogens (tertiary/aromatic N) is 4. The van der Waals surface area contributed by atoms with Crippen molar-refractivity contribution >= 4 is 5.91 Å². The van der Waals surface area contributed by atoms with Crippen LogP contribution in [0.25, 0.3) is 0 Å². The van der Waals surface area contributed by atoms with Gasteiger partial charge in [-0.1, -0.05) is 0 Å². The van der Waals surface area contributed by atoms with E-state index in [-0.39, 0.29) is 17.9 Å². The molecule has 7 heteroatoms. The predicted molar refractivity (Wildman–Crippen MR) is 91.1 cm³/mol. The van der Waals surface area contributed by atoms with Gasteiger partial charge in [0.05, 0.1) is 5.69 Å². The second-order valence-electron chi connectivity index (χ2n) is 6.86. The van der Waals surface area contributed by atoms with Crippen LogP contribution in [0.2, 0.25) is 0 Å². The molecule has 1 atom stereocenters. The zero-order chi connectivity index (χ0) is 17.2. The van der Waals surface area contributed by atoms with E-state index in [0.717, 1.165) is 62.4 Å². The minimum absolute atomic E-state index is 0.0716. The van der Waals surface area contributed by atoms with Gasteiger partial charge in [-0.05, 0) is 25.8 Å². The fraction of sp³-hybridized carbons (Fsp3) is 0.556. The third kappa shape index (κ3) is 3.50. The molecular weight excluding hydrogens is 318 g/mol. The average Bonchev–Trinajstić information content (AvgIpc) is 3.02. The number of piperidine rings is 1. The van der Waals surface area contributed by atoms with E-state index in [1.807, 2.05) is 11.8 Å². The SMILES string of the molecule is Cc1nc2c([nH]1)C[C@H](C(=O)N1CCC(Oc3ncccn3)CC1)CC2. The molecule has 0 bridgehead atoms. The molecule has 0 spiro atoms. The Hall–Kier alpha value is -2.44. The van der Waals surface area contributed by atoms with Gasteiger partial charge in [-0.3, -0.25) is 4.79 Å². The standard InChI is InChI=1S/C18H23N5O2/c1-12-21-15-4-3-13(11-16(15)22-12)17(24)23-9-5-14(6-10-23)25-18-19-7-2-8-20-18/h2,7-8,13-14H,3-6,9-11H2,1H3,(H,21,22)/t13-/m1/s1. The zero-order valence-corrected chi connectivity index (χ0v) is 14.4. The molecule has 25 heavy (non-hydrogen) atoms. The van der Waals surface area contributed by atoms with Crippen LogP contribution < -0.4 is 4.74 Å². The first-order valence-corrected chi connectivity index (χ1v) is 8.96. The number of aromatic amines is 1. The summed E-state index contributed by atoms with van der Waals surface area (Å²) in [6.45, 7) is 3.44. The smallest absolute Gasteiger partial charge is 0.316 e. The van der Waals surface area contributed by atoms with Gasteiger partial charge in [0, 0.05) is 56.4 Å². The summed E-state index contributed by atoms with van der Waals surface area (Å²) in [5.74, 6) is 1.29. The Balaban J connectivity index is 1.31. The summed E-state index contributed by atoms with van der Waals surface area (Å²) in [6.07, 6.45) is 7.65. The van der Waals surface area contributed by atoms with Crippen LogP contribution in [0.4, 0.5) is 0 Å². The van der Waals surface area contributed by atoms with Gasteiger partial charge < -0.3 is 14.6 Å². The highest BCUT2D eigenvalue weighted by molar-refractivity contribution is 5.79. The Morgan fingerprint density at radius 1 is 1.24 bits per heavy atom. The van der Waals surface area contributed by atoms with Crippen molar-refractivity contribution < 1.29 is 9.53 Å². The first-order chi connectivity index (χ1) is 12.2. The van der Waals surface area contributed by atoms with Crippen LogP contribution in [0, 0.1) is 12.8 Å². The number of carbonyl (C=O) groups is 1. The summed E-state index contributed by atoms with van der Waals surface area (Å²) >= 11 is 0. The summed E-state index contributed by atoms with van der Waals surface area (Å²) in [7, 11) is 0. The number of hydrogen-bond donors (Lipinski definition) is 1. The number of ether oxygens (including phenoxy) is 1. The normalized spacial score (nSPS) is 21.0. The zero-order valence-electron chi connectivity index (χ0n) is 14.4. The maximum atomic E-state index is 12.9. The molecule has 2 aromatic rings. The molecule has 0 unspecified atom stereocenters. The highest BCUT2D eigenvalue weighted by atomic mass is 16.5. The Bertz CT molecular complexity index is 737. The van der Waals surface area contributed by atoms with Crippen LogP contribution in [0.15, 0.2) is 18.5 Å². The lowest BCUT2D eigenvalue weighted by Crippen LogP contribution is -2.45. The molecule has 3 heterocycles. The lowest BCUT2D eigenvalue weighted by atomic mass is 9.88. The number of amides is 1. The number of fused-ring (bicyclic) bond motifs is 1.